The molecular formula is C19H19F4NO4. The lowest BCUT2D eigenvalue weighted by atomic mass is 10.0. The van der Waals surface area contributed by atoms with E-state index in [0.29, 0.717) is 12.1 Å². The molecule has 152 valence electrons. The Balaban J connectivity index is 1.80. The van der Waals surface area contributed by atoms with Gasteiger partial charge >= 0.3 is 12.3 Å². The Morgan fingerprint density at radius 1 is 1.11 bits per heavy atom. The standard InChI is InChI=1S/C19H19F4NO4/c20-15-10-13(6-7-14(15)19(21,22)23)17(26)16(25)8-9-24-18(27)28-11-12-4-2-1-3-5-12/h1-7,10,16-17,25-26H,8-9,11H2,(H,24,27). The van der Waals surface area contributed by atoms with Gasteiger partial charge in [-0.25, -0.2) is 9.18 Å². The Hall–Kier alpha value is -2.65. The second-order valence-electron chi connectivity index (χ2n) is 6.03. The lowest BCUT2D eigenvalue weighted by Gasteiger charge is -2.19. The van der Waals surface area contributed by atoms with E-state index >= 15 is 0 Å². The summed E-state index contributed by atoms with van der Waals surface area (Å²) in [7, 11) is 0. The van der Waals surface area contributed by atoms with Crippen LogP contribution in [0.25, 0.3) is 0 Å². The highest BCUT2D eigenvalue weighted by Gasteiger charge is 2.34. The first kappa shape index (κ1) is 21.6. The molecule has 2 unspecified atom stereocenters. The van der Waals surface area contributed by atoms with Crippen molar-refractivity contribution in [3.05, 3.63) is 71.0 Å². The highest BCUT2D eigenvalue weighted by molar-refractivity contribution is 5.67. The summed E-state index contributed by atoms with van der Waals surface area (Å²) in [6, 6.07) is 10.9. The van der Waals surface area contributed by atoms with Crippen LogP contribution in [0.2, 0.25) is 0 Å². The Morgan fingerprint density at radius 3 is 2.39 bits per heavy atom. The predicted octanol–water partition coefficient (Wildman–Crippen LogP) is 3.56. The van der Waals surface area contributed by atoms with Crippen molar-refractivity contribution in [3.8, 4) is 0 Å². The van der Waals surface area contributed by atoms with Crippen LogP contribution in [0.5, 0.6) is 0 Å². The Kier molecular flexibility index (Phi) is 7.36. The topological polar surface area (TPSA) is 78.8 Å². The molecule has 0 aliphatic heterocycles. The van der Waals surface area contributed by atoms with Crippen LogP contribution in [0.1, 0.15) is 29.2 Å². The molecule has 0 saturated carbocycles. The number of halogens is 4. The second-order valence-corrected chi connectivity index (χ2v) is 6.03. The molecule has 0 spiro atoms. The number of hydrogen-bond acceptors (Lipinski definition) is 4. The van der Waals surface area contributed by atoms with Crippen LogP contribution in [0.3, 0.4) is 0 Å². The number of hydrogen-bond donors (Lipinski definition) is 3. The van der Waals surface area contributed by atoms with Gasteiger partial charge in [-0.1, -0.05) is 36.4 Å². The van der Waals surface area contributed by atoms with Gasteiger partial charge in [0.1, 0.15) is 18.5 Å². The smallest absolute Gasteiger partial charge is 0.419 e. The van der Waals surface area contributed by atoms with Gasteiger partial charge in [-0.3, -0.25) is 0 Å². The van der Waals surface area contributed by atoms with E-state index in [0.717, 1.165) is 11.6 Å². The SMILES string of the molecule is O=C(NCCC(O)C(O)c1ccc(C(F)(F)F)c(F)c1)OCc1ccccc1. The van der Waals surface area contributed by atoms with Gasteiger partial charge < -0.3 is 20.3 Å². The summed E-state index contributed by atoms with van der Waals surface area (Å²) < 4.78 is 56.2. The molecule has 2 aromatic rings. The number of aliphatic hydroxyl groups is 2. The number of aliphatic hydroxyl groups excluding tert-OH is 2. The molecule has 0 fully saturated rings. The lowest BCUT2D eigenvalue weighted by molar-refractivity contribution is -0.140. The van der Waals surface area contributed by atoms with Gasteiger partial charge in [0.25, 0.3) is 0 Å². The quantitative estimate of drug-likeness (QED) is 0.620. The molecule has 0 aromatic heterocycles. The van der Waals surface area contributed by atoms with E-state index in [1.807, 2.05) is 6.07 Å². The molecule has 0 aliphatic rings. The normalized spacial score (nSPS) is 13.6. The summed E-state index contributed by atoms with van der Waals surface area (Å²) in [6.45, 7) is -0.00233. The third-order valence-corrected chi connectivity index (χ3v) is 3.93. The van der Waals surface area contributed by atoms with Crippen molar-refractivity contribution in [3.63, 3.8) is 0 Å². The number of carbonyl (C=O) groups excluding carboxylic acids is 1. The Bertz CT molecular complexity index is 783. The van der Waals surface area contributed by atoms with Crippen molar-refractivity contribution < 1.29 is 37.3 Å². The fourth-order valence-corrected chi connectivity index (χ4v) is 2.42. The van der Waals surface area contributed by atoms with Crippen molar-refractivity contribution in [2.75, 3.05) is 6.54 Å². The van der Waals surface area contributed by atoms with Gasteiger partial charge in [-0.2, -0.15) is 13.2 Å². The first-order chi connectivity index (χ1) is 13.2. The van der Waals surface area contributed by atoms with E-state index in [-0.39, 0.29) is 25.1 Å². The van der Waals surface area contributed by atoms with Gasteiger partial charge in [0.15, 0.2) is 0 Å². The highest BCUT2D eigenvalue weighted by Crippen LogP contribution is 2.33. The molecule has 0 heterocycles. The van der Waals surface area contributed by atoms with E-state index in [1.165, 1.54) is 0 Å². The summed E-state index contributed by atoms with van der Waals surface area (Å²) in [5.74, 6) is -1.54. The van der Waals surface area contributed by atoms with Gasteiger partial charge in [-0.05, 0) is 29.7 Å². The minimum absolute atomic E-state index is 0.0582. The minimum Gasteiger partial charge on any atom is -0.445 e. The Morgan fingerprint density at radius 2 is 1.79 bits per heavy atom. The first-order valence-corrected chi connectivity index (χ1v) is 8.36. The molecule has 1 amide bonds. The van der Waals surface area contributed by atoms with Crippen molar-refractivity contribution in [2.24, 2.45) is 0 Å². The maximum atomic E-state index is 13.6. The number of carbonyl (C=O) groups is 1. The second kappa shape index (κ2) is 9.52. The summed E-state index contributed by atoms with van der Waals surface area (Å²) in [5, 5.41) is 22.3. The third kappa shape index (κ3) is 6.21. The molecule has 3 N–H and O–H groups in total. The molecule has 5 nitrogen and oxygen atoms in total. The first-order valence-electron chi connectivity index (χ1n) is 8.36. The van der Waals surface area contributed by atoms with Crippen LogP contribution in [-0.2, 0) is 17.5 Å². The van der Waals surface area contributed by atoms with E-state index in [4.69, 9.17) is 4.74 Å². The molecule has 9 heteroatoms. The maximum Gasteiger partial charge on any atom is 0.419 e. The molecule has 2 atom stereocenters. The summed E-state index contributed by atoms with van der Waals surface area (Å²) in [6.07, 6.45) is -8.74. The van der Waals surface area contributed by atoms with Crippen LogP contribution in [0.4, 0.5) is 22.4 Å². The maximum absolute atomic E-state index is 13.6. The van der Waals surface area contributed by atoms with Crippen molar-refractivity contribution in [1.29, 1.82) is 0 Å². The Labute approximate surface area is 158 Å². The monoisotopic (exact) mass is 401 g/mol. The number of alkyl halides is 3. The fourth-order valence-electron chi connectivity index (χ4n) is 2.42. The zero-order valence-electron chi connectivity index (χ0n) is 14.6. The van der Waals surface area contributed by atoms with E-state index < -0.39 is 35.9 Å². The third-order valence-electron chi connectivity index (χ3n) is 3.93. The zero-order valence-corrected chi connectivity index (χ0v) is 14.6. The lowest BCUT2D eigenvalue weighted by Crippen LogP contribution is -2.29. The number of benzene rings is 2. The van der Waals surface area contributed by atoms with Crippen molar-refractivity contribution >= 4 is 6.09 Å². The number of alkyl carbamates (subject to hydrolysis) is 1. The molecular weight excluding hydrogens is 382 g/mol. The van der Waals surface area contributed by atoms with E-state index in [2.05, 4.69) is 5.32 Å². The minimum atomic E-state index is -4.85. The van der Waals surface area contributed by atoms with Crippen LogP contribution in [0.15, 0.2) is 48.5 Å². The number of amides is 1. The van der Waals surface area contributed by atoms with Gasteiger partial charge in [0.05, 0.1) is 11.7 Å². The molecule has 0 saturated heterocycles. The molecule has 2 aromatic carbocycles. The van der Waals surface area contributed by atoms with E-state index in [9.17, 15) is 32.6 Å². The van der Waals surface area contributed by atoms with E-state index in [1.54, 1.807) is 24.3 Å². The van der Waals surface area contributed by atoms with Gasteiger partial charge in [0.2, 0.25) is 0 Å². The number of nitrogens with one attached hydrogen (secondary N) is 1. The molecule has 2 rings (SSSR count). The van der Waals surface area contributed by atoms with Crippen LogP contribution < -0.4 is 5.32 Å². The molecule has 0 aliphatic carbocycles. The average Bonchev–Trinajstić information content (AvgIpc) is 2.65. The fraction of sp³-hybridized carbons (Fsp3) is 0.316. The summed E-state index contributed by atoms with van der Waals surface area (Å²) in [5.41, 5.74) is -0.872. The molecule has 0 radical (unpaired) electrons. The molecule has 0 bridgehead atoms. The average molecular weight is 401 g/mol. The number of rotatable bonds is 7. The number of ether oxygens (including phenoxy) is 1. The largest absolute Gasteiger partial charge is 0.445 e. The summed E-state index contributed by atoms with van der Waals surface area (Å²) in [4.78, 5) is 11.6. The van der Waals surface area contributed by atoms with Crippen LogP contribution >= 0.6 is 0 Å². The summed E-state index contributed by atoms with van der Waals surface area (Å²) >= 11 is 0. The zero-order chi connectivity index (χ0) is 20.7. The molecule has 28 heavy (non-hydrogen) atoms. The van der Waals surface area contributed by atoms with Gasteiger partial charge in [-0.15, -0.1) is 0 Å². The van der Waals surface area contributed by atoms with Crippen molar-refractivity contribution in [2.45, 2.75) is 31.4 Å². The highest BCUT2D eigenvalue weighted by atomic mass is 19.4. The predicted molar refractivity (Wildman–Crippen MR) is 91.6 cm³/mol. The van der Waals surface area contributed by atoms with Crippen molar-refractivity contribution in [1.82, 2.24) is 5.32 Å². The van der Waals surface area contributed by atoms with Crippen LogP contribution in [-0.4, -0.2) is 29.0 Å². The van der Waals surface area contributed by atoms with Crippen LogP contribution in [0, 0.1) is 5.82 Å². The van der Waals surface area contributed by atoms with Gasteiger partial charge in [0, 0.05) is 6.54 Å².